The van der Waals surface area contributed by atoms with Gasteiger partial charge in [0.2, 0.25) is 0 Å². The number of aromatic nitrogens is 2. The molecule has 1 aromatic carbocycles. The van der Waals surface area contributed by atoms with E-state index in [-0.39, 0.29) is 30.1 Å². The minimum absolute atomic E-state index is 0. The fourth-order valence-electron chi connectivity index (χ4n) is 3.48. The lowest BCUT2D eigenvalue weighted by Crippen LogP contribution is -2.54. The minimum Gasteiger partial charge on any atom is -0.450 e. The predicted octanol–water partition coefficient (Wildman–Crippen LogP) is 2.70. The Hall–Kier alpha value is -2.04. The highest BCUT2D eigenvalue weighted by Crippen LogP contribution is 2.15. The van der Waals surface area contributed by atoms with Crippen LogP contribution in [0.4, 0.5) is 4.79 Å². The number of imidazole rings is 1. The second-order valence-corrected chi connectivity index (χ2v) is 6.71. The van der Waals surface area contributed by atoms with Gasteiger partial charge >= 0.3 is 6.09 Å². The van der Waals surface area contributed by atoms with Crippen molar-refractivity contribution in [2.45, 2.75) is 27.3 Å². The van der Waals surface area contributed by atoms with E-state index in [1.54, 1.807) is 4.90 Å². The molecule has 1 aliphatic heterocycles. The Morgan fingerprint density at radius 2 is 1.86 bits per heavy atom. The number of para-hydroxylation sites is 2. The summed E-state index contributed by atoms with van der Waals surface area (Å²) in [6.45, 7) is 11.4. The normalized spacial score (nSPS) is 14.7. The summed E-state index contributed by atoms with van der Waals surface area (Å²) in [5, 5.41) is 3.37. The Bertz CT molecular complexity index is 829. The molecule has 0 atom stereocenters. The van der Waals surface area contributed by atoms with Crippen molar-refractivity contribution in [3.63, 3.8) is 0 Å². The highest BCUT2D eigenvalue weighted by molar-refractivity contribution is 14.0. The van der Waals surface area contributed by atoms with Gasteiger partial charge in [0.1, 0.15) is 5.82 Å². The zero-order valence-electron chi connectivity index (χ0n) is 17.4. The van der Waals surface area contributed by atoms with Gasteiger partial charge < -0.3 is 24.4 Å². The molecule has 1 aromatic heterocycles. The number of aliphatic imine (C=N–C) groups is 1. The Morgan fingerprint density at radius 3 is 2.55 bits per heavy atom. The van der Waals surface area contributed by atoms with Crippen LogP contribution in [0.2, 0.25) is 0 Å². The maximum absolute atomic E-state index is 11.9. The molecule has 2 aromatic rings. The summed E-state index contributed by atoms with van der Waals surface area (Å²) >= 11 is 0. The lowest BCUT2D eigenvalue weighted by atomic mass is 10.3. The molecule has 1 N–H and O–H groups in total. The quantitative estimate of drug-likeness (QED) is 0.378. The number of ether oxygens (including phenoxy) is 1. The van der Waals surface area contributed by atoms with Crippen molar-refractivity contribution in [1.29, 1.82) is 0 Å². The standard InChI is InChI=1S/C20H30N6O2.HI/c1-4-21-19(24-12-14-25(15-13-24)20(27)28-5-2)22-10-11-26-16(3)23-17-8-6-7-9-18(17)26;/h6-9H,4-5,10-15H2,1-3H3,(H,21,22);1H. The molecule has 0 aliphatic carbocycles. The SMILES string of the molecule is CCNC(=NCCn1c(C)nc2ccccc21)N1CCN(C(=O)OCC)CC1.I. The van der Waals surface area contributed by atoms with E-state index in [0.717, 1.165) is 49.0 Å². The molecule has 0 unspecified atom stereocenters. The number of rotatable bonds is 5. The zero-order chi connectivity index (χ0) is 19.9. The lowest BCUT2D eigenvalue weighted by Gasteiger charge is -2.35. The zero-order valence-corrected chi connectivity index (χ0v) is 19.8. The monoisotopic (exact) mass is 514 g/mol. The van der Waals surface area contributed by atoms with Crippen molar-refractivity contribution in [2.75, 3.05) is 45.9 Å². The Morgan fingerprint density at radius 1 is 1.17 bits per heavy atom. The van der Waals surface area contributed by atoms with Crippen molar-refractivity contribution >= 4 is 47.1 Å². The van der Waals surface area contributed by atoms with Crippen molar-refractivity contribution in [1.82, 2.24) is 24.7 Å². The molecule has 8 nitrogen and oxygen atoms in total. The number of piperazine rings is 1. The summed E-state index contributed by atoms with van der Waals surface area (Å²) in [4.78, 5) is 25.3. The van der Waals surface area contributed by atoms with E-state index in [0.29, 0.717) is 26.2 Å². The molecule has 0 saturated carbocycles. The summed E-state index contributed by atoms with van der Waals surface area (Å²) in [5.41, 5.74) is 2.16. The van der Waals surface area contributed by atoms with Gasteiger partial charge in [-0.3, -0.25) is 4.99 Å². The fourth-order valence-corrected chi connectivity index (χ4v) is 3.48. The van der Waals surface area contributed by atoms with Gasteiger partial charge in [-0.1, -0.05) is 12.1 Å². The van der Waals surface area contributed by atoms with Crippen LogP contribution in [0.3, 0.4) is 0 Å². The third kappa shape index (κ3) is 5.74. The van der Waals surface area contributed by atoms with Crippen LogP contribution < -0.4 is 5.32 Å². The molecule has 1 saturated heterocycles. The number of amides is 1. The molecule has 3 rings (SSSR count). The third-order valence-electron chi connectivity index (χ3n) is 4.87. The number of hydrogen-bond donors (Lipinski definition) is 1. The summed E-state index contributed by atoms with van der Waals surface area (Å²) in [6.07, 6.45) is -0.230. The Kier molecular flexibility index (Phi) is 8.99. The molecule has 0 radical (unpaired) electrons. The van der Waals surface area contributed by atoms with Crippen molar-refractivity contribution < 1.29 is 9.53 Å². The van der Waals surface area contributed by atoms with Crippen LogP contribution in [-0.2, 0) is 11.3 Å². The average Bonchev–Trinajstić information content (AvgIpc) is 3.03. The van der Waals surface area contributed by atoms with Gasteiger partial charge in [-0.05, 0) is 32.9 Å². The smallest absolute Gasteiger partial charge is 0.409 e. The number of benzene rings is 1. The second-order valence-electron chi connectivity index (χ2n) is 6.71. The second kappa shape index (κ2) is 11.2. The fraction of sp³-hybridized carbons (Fsp3) is 0.550. The van der Waals surface area contributed by atoms with Gasteiger partial charge in [0.05, 0.1) is 24.2 Å². The predicted molar refractivity (Wildman–Crippen MR) is 126 cm³/mol. The summed E-state index contributed by atoms with van der Waals surface area (Å²) in [6, 6.07) is 8.18. The number of carbonyl (C=O) groups excluding carboxylic acids is 1. The Labute approximate surface area is 189 Å². The van der Waals surface area contributed by atoms with E-state index in [2.05, 4.69) is 32.8 Å². The van der Waals surface area contributed by atoms with Crippen molar-refractivity contribution in [2.24, 2.45) is 4.99 Å². The molecule has 0 bridgehead atoms. The average molecular weight is 514 g/mol. The van der Waals surface area contributed by atoms with E-state index in [1.807, 2.05) is 32.0 Å². The van der Waals surface area contributed by atoms with Crippen LogP contribution >= 0.6 is 24.0 Å². The summed E-state index contributed by atoms with van der Waals surface area (Å²) in [5.74, 6) is 1.90. The first kappa shape index (κ1) is 23.2. The molecule has 9 heteroatoms. The van der Waals surface area contributed by atoms with Gasteiger partial charge in [-0.25, -0.2) is 9.78 Å². The van der Waals surface area contributed by atoms with Crippen LogP contribution in [0.25, 0.3) is 11.0 Å². The number of hydrogen-bond acceptors (Lipinski definition) is 4. The molecule has 2 heterocycles. The molecule has 1 aliphatic rings. The highest BCUT2D eigenvalue weighted by atomic mass is 127. The first-order valence-corrected chi connectivity index (χ1v) is 10.0. The minimum atomic E-state index is -0.230. The molecule has 1 fully saturated rings. The van der Waals surface area contributed by atoms with E-state index >= 15 is 0 Å². The van der Waals surface area contributed by atoms with Crippen LogP contribution in [0.5, 0.6) is 0 Å². The Balaban J connectivity index is 0.00000300. The molecular weight excluding hydrogens is 483 g/mol. The van der Waals surface area contributed by atoms with Gasteiger partial charge in [0, 0.05) is 39.3 Å². The molecule has 29 heavy (non-hydrogen) atoms. The molecular formula is C20H31IN6O2. The van der Waals surface area contributed by atoms with E-state index < -0.39 is 0 Å². The molecule has 0 spiro atoms. The first-order chi connectivity index (χ1) is 13.6. The van der Waals surface area contributed by atoms with Crippen LogP contribution in [0.15, 0.2) is 29.3 Å². The number of fused-ring (bicyclic) bond motifs is 1. The van der Waals surface area contributed by atoms with E-state index in [1.165, 1.54) is 0 Å². The van der Waals surface area contributed by atoms with Gasteiger partial charge in [0.25, 0.3) is 0 Å². The number of nitrogens with zero attached hydrogens (tertiary/aromatic N) is 5. The highest BCUT2D eigenvalue weighted by Gasteiger charge is 2.23. The largest absolute Gasteiger partial charge is 0.450 e. The number of halogens is 1. The first-order valence-electron chi connectivity index (χ1n) is 10.0. The van der Waals surface area contributed by atoms with Gasteiger partial charge in [-0.2, -0.15) is 0 Å². The van der Waals surface area contributed by atoms with E-state index in [9.17, 15) is 4.79 Å². The number of carbonyl (C=O) groups is 1. The number of aryl methyl sites for hydroxylation is 1. The molecule has 160 valence electrons. The third-order valence-corrected chi connectivity index (χ3v) is 4.87. The number of nitrogens with one attached hydrogen (secondary N) is 1. The molecule has 1 amide bonds. The van der Waals surface area contributed by atoms with E-state index in [4.69, 9.17) is 9.73 Å². The van der Waals surface area contributed by atoms with Gasteiger partial charge in [-0.15, -0.1) is 24.0 Å². The van der Waals surface area contributed by atoms with Crippen LogP contribution in [-0.4, -0.2) is 77.3 Å². The summed E-state index contributed by atoms with van der Waals surface area (Å²) < 4.78 is 7.30. The van der Waals surface area contributed by atoms with Crippen molar-refractivity contribution in [3.8, 4) is 0 Å². The van der Waals surface area contributed by atoms with Crippen molar-refractivity contribution in [3.05, 3.63) is 30.1 Å². The van der Waals surface area contributed by atoms with Gasteiger partial charge in [0.15, 0.2) is 5.96 Å². The van der Waals surface area contributed by atoms with Crippen LogP contribution in [0, 0.1) is 6.92 Å². The number of guanidine groups is 1. The van der Waals surface area contributed by atoms with Crippen LogP contribution in [0.1, 0.15) is 19.7 Å². The maximum Gasteiger partial charge on any atom is 0.409 e. The maximum atomic E-state index is 11.9. The topological polar surface area (TPSA) is 75.0 Å². The lowest BCUT2D eigenvalue weighted by molar-refractivity contribution is 0.0914. The summed E-state index contributed by atoms with van der Waals surface area (Å²) in [7, 11) is 0.